The Labute approximate surface area is 128 Å². The maximum Gasteiger partial charge on any atom is 0.242 e. The summed E-state index contributed by atoms with van der Waals surface area (Å²) >= 11 is 0. The van der Waals surface area contributed by atoms with E-state index in [-0.39, 0.29) is 29.4 Å². The van der Waals surface area contributed by atoms with Gasteiger partial charge in [-0.2, -0.15) is 5.26 Å². The van der Waals surface area contributed by atoms with Crippen LogP contribution in [-0.4, -0.2) is 21.6 Å². The van der Waals surface area contributed by atoms with E-state index < -0.39 is 15.8 Å². The van der Waals surface area contributed by atoms with E-state index in [1.165, 1.54) is 36.4 Å². The molecule has 0 aromatic heterocycles. The standard InChI is InChI=1S/C15H13FN2O3S/c16-13-6-2-3-7-14(13)21-10-9-18-22(19,20)15-8-4-1-5-12(15)11-17/h1-8,18H,9-10H2. The second-order valence-corrected chi connectivity index (χ2v) is 6.02. The van der Waals surface area contributed by atoms with E-state index in [4.69, 9.17) is 10.00 Å². The van der Waals surface area contributed by atoms with Crippen molar-refractivity contribution in [3.63, 3.8) is 0 Å². The topological polar surface area (TPSA) is 79.2 Å². The molecule has 2 aromatic rings. The van der Waals surface area contributed by atoms with Crippen LogP contribution >= 0.6 is 0 Å². The van der Waals surface area contributed by atoms with Gasteiger partial charge in [-0.15, -0.1) is 0 Å². The van der Waals surface area contributed by atoms with Crippen molar-refractivity contribution >= 4 is 10.0 Å². The van der Waals surface area contributed by atoms with Crippen molar-refractivity contribution in [1.82, 2.24) is 4.72 Å². The zero-order chi connectivity index (χ0) is 16.0. The second-order valence-electron chi connectivity index (χ2n) is 4.28. The van der Waals surface area contributed by atoms with Gasteiger partial charge in [-0.1, -0.05) is 24.3 Å². The number of rotatable bonds is 6. The quantitative estimate of drug-likeness (QED) is 0.826. The van der Waals surface area contributed by atoms with Crippen molar-refractivity contribution in [2.24, 2.45) is 0 Å². The lowest BCUT2D eigenvalue weighted by Gasteiger charge is -2.09. The lowest BCUT2D eigenvalue weighted by molar-refractivity contribution is 0.306. The first-order chi connectivity index (χ1) is 10.5. The molecule has 0 aliphatic heterocycles. The summed E-state index contributed by atoms with van der Waals surface area (Å²) in [5.41, 5.74) is 0.0602. The third kappa shape index (κ3) is 3.81. The summed E-state index contributed by atoms with van der Waals surface area (Å²) in [6.07, 6.45) is 0. The van der Waals surface area contributed by atoms with Gasteiger partial charge in [0.25, 0.3) is 0 Å². The average molecular weight is 320 g/mol. The van der Waals surface area contributed by atoms with Gasteiger partial charge in [0.15, 0.2) is 11.6 Å². The molecule has 0 amide bonds. The Bertz CT molecular complexity index is 800. The van der Waals surface area contributed by atoms with E-state index in [0.29, 0.717) is 0 Å². The molecule has 0 bridgehead atoms. The summed E-state index contributed by atoms with van der Waals surface area (Å²) in [6, 6.07) is 13.6. The monoisotopic (exact) mass is 320 g/mol. The number of nitrogens with one attached hydrogen (secondary N) is 1. The Morgan fingerprint density at radius 2 is 1.82 bits per heavy atom. The van der Waals surface area contributed by atoms with Gasteiger partial charge in [-0.25, -0.2) is 17.5 Å². The molecule has 2 aromatic carbocycles. The third-order valence-corrected chi connectivity index (χ3v) is 4.30. The largest absolute Gasteiger partial charge is 0.489 e. The van der Waals surface area contributed by atoms with Gasteiger partial charge in [0.2, 0.25) is 10.0 Å². The molecule has 0 saturated heterocycles. The van der Waals surface area contributed by atoms with E-state index in [2.05, 4.69) is 4.72 Å². The Morgan fingerprint density at radius 3 is 2.55 bits per heavy atom. The van der Waals surface area contributed by atoms with Crippen LogP contribution in [0.4, 0.5) is 4.39 Å². The Morgan fingerprint density at radius 1 is 1.14 bits per heavy atom. The number of sulfonamides is 1. The minimum absolute atomic E-state index is 0.0329. The molecule has 0 saturated carbocycles. The molecule has 0 heterocycles. The Kier molecular flexibility index (Phi) is 5.09. The first-order valence-corrected chi connectivity index (χ1v) is 7.89. The van der Waals surface area contributed by atoms with Crippen LogP contribution in [0.2, 0.25) is 0 Å². The van der Waals surface area contributed by atoms with Crippen LogP contribution in [0, 0.1) is 17.1 Å². The fourth-order valence-electron chi connectivity index (χ4n) is 1.77. The van der Waals surface area contributed by atoms with Crippen LogP contribution in [0.5, 0.6) is 5.75 Å². The van der Waals surface area contributed by atoms with Crippen molar-refractivity contribution in [2.75, 3.05) is 13.2 Å². The van der Waals surface area contributed by atoms with Gasteiger partial charge in [0.1, 0.15) is 12.7 Å². The van der Waals surface area contributed by atoms with E-state index in [9.17, 15) is 12.8 Å². The van der Waals surface area contributed by atoms with Gasteiger partial charge >= 0.3 is 0 Å². The maximum absolute atomic E-state index is 13.3. The highest BCUT2D eigenvalue weighted by Crippen LogP contribution is 2.16. The molecule has 0 aliphatic carbocycles. The van der Waals surface area contributed by atoms with Crippen molar-refractivity contribution in [2.45, 2.75) is 4.90 Å². The molecule has 114 valence electrons. The second kappa shape index (κ2) is 7.02. The van der Waals surface area contributed by atoms with Crippen LogP contribution in [0.15, 0.2) is 53.4 Å². The van der Waals surface area contributed by atoms with Crippen molar-refractivity contribution < 1.29 is 17.5 Å². The third-order valence-electron chi connectivity index (χ3n) is 2.79. The van der Waals surface area contributed by atoms with Crippen LogP contribution < -0.4 is 9.46 Å². The fourth-order valence-corrected chi connectivity index (χ4v) is 2.94. The van der Waals surface area contributed by atoms with Crippen molar-refractivity contribution in [3.8, 4) is 11.8 Å². The van der Waals surface area contributed by atoms with Gasteiger partial charge in [-0.3, -0.25) is 0 Å². The number of benzene rings is 2. The molecule has 0 spiro atoms. The molecule has 0 radical (unpaired) electrons. The SMILES string of the molecule is N#Cc1ccccc1S(=O)(=O)NCCOc1ccccc1F. The highest BCUT2D eigenvalue weighted by atomic mass is 32.2. The molecule has 5 nitrogen and oxygen atoms in total. The van der Waals surface area contributed by atoms with Crippen LogP contribution in [0.3, 0.4) is 0 Å². The molecule has 0 aliphatic rings. The zero-order valence-corrected chi connectivity index (χ0v) is 12.3. The highest BCUT2D eigenvalue weighted by Gasteiger charge is 2.17. The number of ether oxygens (including phenoxy) is 1. The van der Waals surface area contributed by atoms with Crippen LogP contribution in [-0.2, 0) is 10.0 Å². The van der Waals surface area contributed by atoms with Gasteiger partial charge in [0.05, 0.1) is 10.5 Å². The summed E-state index contributed by atoms with van der Waals surface area (Å²) in [5.74, 6) is -0.459. The van der Waals surface area contributed by atoms with E-state index >= 15 is 0 Å². The Hall–Kier alpha value is -2.43. The number of hydrogen-bond acceptors (Lipinski definition) is 4. The first kappa shape index (κ1) is 15.9. The number of halogens is 1. The molecular formula is C15H13FN2O3S. The first-order valence-electron chi connectivity index (χ1n) is 6.41. The summed E-state index contributed by atoms with van der Waals surface area (Å²) in [7, 11) is -3.81. The number of para-hydroxylation sites is 1. The molecule has 7 heteroatoms. The van der Waals surface area contributed by atoms with Gasteiger partial charge < -0.3 is 4.74 Å². The minimum atomic E-state index is -3.81. The summed E-state index contributed by atoms with van der Waals surface area (Å²) < 4.78 is 45.0. The molecule has 0 atom stereocenters. The summed E-state index contributed by atoms with van der Waals surface area (Å²) in [6.45, 7) is -0.0781. The molecule has 0 fully saturated rings. The smallest absolute Gasteiger partial charge is 0.242 e. The van der Waals surface area contributed by atoms with Crippen LogP contribution in [0.1, 0.15) is 5.56 Å². The lowest BCUT2D eigenvalue weighted by atomic mass is 10.2. The molecule has 1 N–H and O–H groups in total. The average Bonchev–Trinajstić information content (AvgIpc) is 2.53. The molecular weight excluding hydrogens is 307 g/mol. The van der Waals surface area contributed by atoms with Crippen molar-refractivity contribution in [1.29, 1.82) is 5.26 Å². The highest BCUT2D eigenvalue weighted by molar-refractivity contribution is 7.89. The molecule has 22 heavy (non-hydrogen) atoms. The lowest BCUT2D eigenvalue weighted by Crippen LogP contribution is -2.28. The predicted octanol–water partition coefficient (Wildman–Crippen LogP) is 2.05. The maximum atomic E-state index is 13.3. The Balaban J connectivity index is 1.97. The zero-order valence-electron chi connectivity index (χ0n) is 11.5. The van der Waals surface area contributed by atoms with Crippen molar-refractivity contribution in [3.05, 3.63) is 59.9 Å². The van der Waals surface area contributed by atoms with E-state index in [1.807, 2.05) is 6.07 Å². The molecule has 2 rings (SSSR count). The molecule has 0 unspecified atom stereocenters. The van der Waals surface area contributed by atoms with E-state index in [0.717, 1.165) is 0 Å². The fraction of sp³-hybridized carbons (Fsp3) is 0.133. The summed E-state index contributed by atoms with van der Waals surface area (Å²) in [4.78, 5) is -0.0941. The number of hydrogen-bond donors (Lipinski definition) is 1. The van der Waals surface area contributed by atoms with E-state index in [1.54, 1.807) is 12.1 Å². The predicted molar refractivity (Wildman–Crippen MR) is 78.2 cm³/mol. The van der Waals surface area contributed by atoms with Gasteiger partial charge in [0, 0.05) is 6.54 Å². The number of nitrogens with zero attached hydrogens (tertiary/aromatic N) is 1. The summed E-state index contributed by atoms with van der Waals surface area (Å²) in [5, 5.41) is 8.92. The van der Waals surface area contributed by atoms with Crippen LogP contribution in [0.25, 0.3) is 0 Å². The van der Waals surface area contributed by atoms with Gasteiger partial charge in [-0.05, 0) is 24.3 Å². The normalized spacial score (nSPS) is 10.9. The minimum Gasteiger partial charge on any atom is -0.489 e. The number of nitriles is 1.